The maximum atomic E-state index is 11.3. The normalized spacial score (nSPS) is 17.1. The van der Waals surface area contributed by atoms with Crippen LogP contribution in [-0.4, -0.2) is 37.4 Å². The van der Waals surface area contributed by atoms with Gasteiger partial charge in [-0.1, -0.05) is 11.6 Å². The number of carbonyl (C=O) groups excluding carboxylic acids is 1. The van der Waals surface area contributed by atoms with Gasteiger partial charge in [-0.2, -0.15) is 5.26 Å². The lowest BCUT2D eigenvalue weighted by Crippen LogP contribution is -2.40. The summed E-state index contributed by atoms with van der Waals surface area (Å²) < 4.78 is 4.57. The van der Waals surface area contributed by atoms with Crippen LogP contribution in [-0.2, 0) is 9.53 Å². The Morgan fingerprint density at radius 1 is 1.52 bits per heavy atom. The van der Waals surface area contributed by atoms with Crippen LogP contribution in [0.5, 0.6) is 0 Å². The molecular weight excluding hydrogens is 292 g/mol. The highest BCUT2D eigenvalue weighted by atomic mass is 35.5. The van der Waals surface area contributed by atoms with E-state index in [0.717, 1.165) is 18.8 Å². The minimum Gasteiger partial charge on any atom is -0.467 e. The first-order valence-electron chi connectivity index (χ1n) is 6.77. The number of carbonyl (C=O) groups is 1. The Morgan fingerprint density at radius 2 is 2.19 bits per heavy atom. The zero-order valence-corrected chi connectivity index (χ0v) is 12.5. The number of ether oxygens (including phenoxy) is 1. The van der Waals surface area contributed by atoms with Crippen molar-refractivity contribution in [2.24, 2.45) is 5.92 Å². The maximum Gasteiger partial charge on any atom is 0.334 e. The van der Waals surface area contributed by atoms with Gasteiger partial charge in [0.15, 0.2) is 6.10 Å². The van der Waals surface area contributed by atoms with Crippen LogP contribution >= 0.6 is 11.6 Å². The number of benzene rings is 1. The molecule has 1 heterocycles. The van der Waals surface area contributed by atoms with Crippen LogP contribution in [0.2, 0.25) is 5.02 Å². The highest BCUT2D eigenvalue weighted by Gasteiger charge is 2.30. The predicted molar refractivity (Wildman–Crippen MR) is 79.1 cm³/mol. The van der Waals surface area contributed by atoms with E-state index >= 15 is 0 Å². The molecule has 0 spiro atoms. The van der Waals surface area contributed by atoms with Crippen LogP contribution in [0.3, 0.4) is 0 Å². The summed E-state index contributed by atoms with van der Waals surface area (Å²) in [4.78, 5) is 13.5. The average molecular weight is 309 g/mol. The molecule has 0 aliphatic carbocycles. The summed E-state index contributed by atoms with van der Waals surface area (Å²) in [5, 5.41) is 19.2. The molecule has 1 aliphatic rings. The largest absolute Gasteiger partial charge is 0.467 e. The summed E-state index contributed by atoms with van der Waals surface area (Å²) >= 11 is 6.04. The van der Waals surface area contributed by atoms with Gasteiger partial charge in [-0.05, 0) is 37.0 Å². The number of aliphatic hydroxyl groups is 1. The van der Waals surface area contributed by atoms with Gasteiger partial charge in [0.05, 0.1) is 17.7 Å². The van der Waals surface area contributed by atoms with Crippen molar-refractivity contribution < 1.29 is 14.6 Å². The molecule has 0 bridgehead atoms. The van der Waals surface area contributed by atoms with E-state index < -0.39 is 12.1 Å². The minimum absolute atomic E-state index is 0.0810. The first kappa shape index (κ1) is 15.6. The average Bonchev–Trinajstić information content (AvgIpc) is 2.53. The lowest BCUT2D eigenvalue weighted by Gasteiger charge is -2.34. The van der Waals surface area contributed by atoms with Gasteiger partial charge in [0.2, 0.25) is 0 Å². The van der Waals surface area contributed by atoms with E-state index in [1.54, 1.807) is 12.1 Å². The van der Waals surface area contributed by atoms with Crippen molar-refractivity contribution in [2.75, 3.05) is 25.1 Å². The van der Waals surface area contributed by atoms with Gasteiger partial charge in [-0.15, -0.1) is 0 Å². The van der Waals surface area contributed by atoms with Crippen LogP contribution in [0, 0.1) is 17.2 Å². The van der Waals surface area contributed by atoms with Crippen molar-refractivity contribution in [3.05, 3.63) is 28.8 Å². The highest BCUT2D eigenvalue weighted by molar-refractivity contribution is 6.32. The van der Waals surface area contributed by atoms with Crippen LogP contribution in [0.4, 0.5) is 5.69 Å². The third kappa shape index (κ3) is 3.46. The molecule has 0 radical (unpaired) electrons. The number of methoxy groups -OCH3 is 1. The van der Waals surface area contributed by atoms with Crippen molar-refractivity contribution in [2.45, 2.75) is 18.9 Å². The monoisotopic (exact) mass is 308 g/mol. The standard InChI is InChI=1S/C15H17ClN2O3/c1-21-15(20)14(19)10-4-6-18(7-5-10)12-3-2-11(9-17)13(16)8-12/h2-3,8,10,14,19H,4-7H2,1H3/t14-/m1/s1. The van der Waals surface area contributed by atoms with Crippen molar-refractivity contribution in [3.8, 4) is 6.07 Å². The number of esters is 1. The van der Waals surface area contributed by atoms with Crippen molar-refractivity contribution in [1.82, 2.24) is 0 Å². The van der Waals surface area contributed by atoms with Gasteiger partial charge in [0.25, 0.3) is 0 Å². The number of hydrogen-bond donors (Lipinski definition) is 1. The summed E-state index contributed by atoms with van der Waals surface area (Å²) in [6, 6.07) is 7.37. The Morgan fingerprint density at radius 3 is 2.71 bits per heavy atom. The molecule has 0 saturated carbocycles. The molecule has 112 valence electrons. The fourth-order valence-corrected chi connectivity index (χ4v) is 2.80. The lowest BCUT2D eigenvalue weighted by atomic mass is 9.91. The van der Waals surface area contributed by atoms with Crippen molar-refractivity contribution in [1.29, 1.82) is 5.26 Å². The fraction of sp³-hybridized carbons (Fsp3) is 0.467. The van der Waals surface area contributed by atoms with Gasteiger partial charge >= 0.3 is 5.97 Å². The van der Waals surface area contributed by atoms with Gasteiger partial charge < -0.3 is 14.7 Å². The number of anilines is 1. The topological polar surface area (TPSA) is 73.6 Å². The second kappa shape index (κ2) is 6.79. The summed E-state index contributed by atoms with van der Waals surface area (Å²) in [5.41, 5.74) is 1.40. The summed E-state index contributed by atoms with van der Waals surface area (Å²) in [5.74, 6) is -0.655. The number of halogens is 1. The van der Waals surface area contributed by atoms with E-state index in [-0.39, 0.29) is 5.92 Å². The van der Waals surface area contributed by atoms with E-state index in [9.17, 15) is 9.90 Å². The Bertz CT molecular complexity index is 563. The molecule has 1 N–H and O–H groups in total. The predicted octanol–water partition coefficient (Wildman–Crippen LogP) is 1.96. The molecule has 21 heavy (non-hydrogen) atoms. The lowest BCUT2D eigenvalue weighted by molar-refractivity contribution is -0.153. The molecule has 1 aromatic rings. The molecule has 1 aromatic carbocycles. The first-order chi connectivity index (χ1) is 10.1. The second-order valence-corrected chi connectivity index (χ2v) is 5.48. The third-order valence-corrected chi connectivity index (χ3v) is 4.18. The van der Waals surface area contributed by atoms with E-state index in [4.69, 9.17) is 16.9 Å². The number of nitrogens with zero attached hydrogens (tertiary/aromatic N) is 2. The number of aliphatic hydroxyl groups excluding tert-OH is 1. The summed E-state index contributed by atoms with van der Waals surface area (Å²) in [6.45, 7) is 1.45. The van der Waals surface area contributed by atoms with Crippen molar-refractivity contribution >= 4 is 23.3 Å². The SMILES string of the molecule is COC(=O)[C@H](O)C1CCN(c2ccc(C#N)c(Cl)c2)CC1. The third-order valence-electron chi connectivity index (χ3n) is 3.87. The molecule has 5 nitrogen and oxygen atoms in total. The van der Waals surface area contributed by atoms with Gasteiger partial charge in [-0.25, -0.2) is 4.79 Å². The van der Waals surface area contributed by atoms with Crippen LogP contribution in [0.25, 0.3) is 0 Å². The number of nitriles is 1. The molecule has 2 rings (SSSR count). The maximum absolute atomic E-state index is 11.3. The second-order valence-electron chi connectivity index (χ2n) is 5.07. The van der Waals surface area contributed by atoms with E-state index in [1.165, 1.54) is 7.11 Å². The van der Waals surface area contributed by atoms with E-state index in [0.29, 0.717) is 23.4 Å². The highest BCUT2D eigenvalue weighted by Crippen LogP contribution is 2.28. The van der Waals surface area contributed by atoms with Crippen LogP contribution in [0.15, 0.2) is 18.2 Å². The Hall–Kier alpha value is -1.77. The van der Waals surface area contributed by atoms with E-state index in [2.05, 4.69) is 9.64 Å². The van der Waals surface area contributed by atoms with Crippen molar-refractivity contribution in [3.63, 3.8) is 0 Å². The van der Waals surface area contributed by atoms with E-state index in [1.807, 2.05) is 12.1 Å². The molecule has 0 amide bonds. The Balaban J connectivity index is 2.00. The molecule has 0 unspecified atom stereocenters. The number of hydrogen-bond acceptors (Lipinski definition) is 5. The Labute approximate surface area is 128 Å². The zero-order valence-electron chi connectivity index (χ0n) is 11.8. The fourth-order valence-electron chi connectivity index (χ4n) is 2.58. The molecule has 1 aliphatic heterocycles. The smallest absolute Gasteiger partial charge is 0.334 e. The summed E-state index contributed by atoms with van der Waals surface area (Å²) in [6.07, 6.45) is 0.351. The molecule has 1 atom stereocenters. The minimum atomic E-state index is -1.05. The number of rotatable bonds is 3. The zero-order chi connectivity index (χ0) is 15.4. The molecule has 0 aromatic heterocycles. The van der Waals surface area contributed by atoms with Gasteiger partial charge in [0, 0.05) is 18.8 Å². The number of piperidine rings is 1. The van der Waals surface area contributed by atoms with Gasteiger partial charge in [0.1, 0.15) is 6.07 Å². The molecule has 1 saturated heterocycles. The van der Waals surface area contributed by atoms with Crippen LogP contribution in [0.1, 0.15) is 18.4 Å². The Kier molecular flexibility index (Phi) is 5.05. The molecular formula is C15H17ClN2O3. The first-order valence-corrected chi connectivity index (χ1v) is 7.15. The quantitative estimate of drug-likeness (QED) is 0.864. The van der Waals surface area contributed by atoms with Gasteiger partial charge in [-0.3, -0.25) is 0 Å². The molecule has 1 fully saturated rings. The summed E-state index contributed by atoms with van der Waals surface area (Å²) in [7, 11) is 1.28. The molecule has 6 heteroatoms. The van der Waals surface area contributed by atoms with Crippen LogP contribution < -0.4 is 4.90 Å².